The monoisotopic (exact) mass is 456 g/mol. The third-order valence-electron chi connectivity index (χ3n) is 5.92. The van der Waals surface area contributed by atoms with Crippen molar-refractivity contribution in [3.63, 3.8) is 0 Å². The molecule has 2 aromatic rings. The van der Waals surface area contributed by atoms with E-state index in [0.29, 0.717) is 23.8 Å². The smallest absolute Gasteiger partial charge is 0.399 e. The predicted octanol–water partition coefficient (Wildman–Crippen LogP) is 8.50. The van der Waals surface area contributed by atoms with E-state index < -0.39 is 23.7 Å². The van der Waals surface area contributed by atoms with E-state index in [2.05, 4.69) is 16.9 Å². The van der Waals surface area contributed by atoms with Gasteiger partial charge in [-0.1, -0.05) is 36.4 Å². The molecule has 1 aliphatic rings. The molecule has 0 aliphatic heterocycles. The van der Waals surface area contributed by atoms with Crippen LogP contribution >= 0.6 is 0 Å². The van der Waals surface area contributed by atoms with E-state index >= 15 is 0 Å². The molecule has 174 valence electrons. The molecule has 0 spiro atoms. The molecule has 0 radical (unpaired) electrons. The van der Waals surface area contributed by atoms with Crippen molar-refractivity contribution < 1.29 is 31.1 Å². The molecule has 32 heavy (non-hydrogen) atoms. The van der Waals surface area contributed by atoms with Crippen molar-refractivity contribution in [3.8, 4) is 16.9 Å². The van der Waals surface area contributed by atoms with E-state index in [-0.39, 0.29) is 12.2 Å². The summed E-state index contributed by atoms with van der Waals surface area (Å²) in [7, 11) is 0. The van der Waals surface area contributed by atoms with E-state index in [9.17, 15) is 26.3 Å². The predicted molar refractivity (Wildman–Crippen MR) is 112 cm³/mol. The maximum atomic E-state index is 14.0. The third kappa shape index (κ3) is 6.78. The summed E-state index contributed by atoms with van der Waals surface area (Å²) in [6.45, 7) is -0.282. The summed E-state index contributed by atoms with van der Waals surface area (Å²) < 4.78 is 80.4. The van der Waals surface area contributed by atoms with Gasteiger partial charge < -0.3 is 4.74 Å². The zero-order chi connectivity index (χ0) is 23.1. The molecule has 2 aromatic carbocycles. The molecular weight excluding hydrogens is 430 g/mol. The van der Waals surface area contributed by atoms with Crippen LogP contribution in [0.4, 0.5) is 26.3 Å². The molecule has 1 fully saturated rings. The maximum absolute atomic E-state index is 14.0. The lowest BCUT2D eigenvalue weighted by Crippen LogP contribution is -2.19. The molecule has 1 nitrogen and oxygen atoms in total. The van der Waals surface area contributed by atoms with Crippen LogP contribution in [0.1, 0.15) is 56.4 Å². The Morgan fingerprint density at radius 2 is 1.50 bits per heavy atom. The second kappa shape index (κ2) is 10.9. The number of allylic oxidation sites excluding steroid dienone is 2. The number of hydrogen-bond donors (Lipinski definition) is 0. The van der Waals surface area contributed by atoms with Crippen LogP contribution in [0.25, 0.3) is 11.1 Å². The second-order valence-electron chi connectivity index (χ2n) is 8.19. The average Bonchev–Trinajstić information content (AvgIpc) is 2.76. The van der Waals surface area contributed by atoms with Crippen LogP contribution in [0.15, 0.2) is 48.6 Å². The summed E-state index contributed by atoms with van der Waals surface area (Å²) in [4.78, 5) is 0. The third-order valence-corrected chi connectivity index (χ3v) is 5.92. The summed E-state index contributed by atoms with van der Waals surface area (Å²) in [6.07, 6.45) is 5.72. The van der Waals surface area contributed by atoms with E-state index in [1.54, 1.807) is 12.1 Å². The summed E-state index contributed by atoms with van der Waals surface area (Å²) in [5.74, 6) is -3.22. The molecule has 3 rings (SSSR count). The van der Waals surface area contributed by atoms with Crippen molar-refractivity contribution in [1.29, 1.82) is 0 Å². The quantitative estimate of drug-likeness (QED) is 0.220. The van der Waals surface area contributed by atoms with Gasteiger partial charge in [-0.15, -0.1) is 13.2 Å². The maximum Gasteiger partial charge on any atom is 0.573 e. The largest absolute Gasteiger partial charge is 0.573 e. The van der Waals surface area contributed by atoms with E-state index in [0.717, 1.165) is 56.2 Å². The number of unbranched alkanes of at least 4 members (excludes halogenated alkanes) is 1. The fraction of sp³-hybridized carbons (Fsp3) is 0.440. The Labute approximate surface area is 184 Å². The standard InChI is InChI=1S/C25H26F6O/c26-14-4-2-1-3-5-17-6-8-18(9-7-17)19-10-12-20(13-11-19)21-15-22(27)24(23(28)16-21)32-25(29,30)31/h1,3,10-13,15-18H,2,4-9,14H2/b3-1+/t17-,18-. The van der Waals surface area contributed by atoms with Crippen molar-refractivity contribution in [3.05, 3.63) is 65.7 Å². The van der Waals surface area contributed by atoms with Crippen molar-refractivity contribution in [2.24, 2.45) is 5.92 Å². The first kappa shape index (κ1) is 24.2. The number of ether oxygens (including phenoxy) is 1. The minimum Gasteiger partial charge on any atom is -0.399 e. The number of hydrogen-bond acceptors (Lipinski definition) is 1. The van der Waals surface area contributed by atoms with Crippen LogP contribution in [0.3, 0.4) is 0 Å². The van der Waals surface area contributed by atoms with Gasteiger partial charge in [-0.05, 0) is 85.6 Å². The van der Waals surface area contributed by atoms with Gasteiger partial charge in [0, 0.05) is 0 Å². The minimum absolute atomic E-state index is 0.143. The number of rotatable bonds is 8. The highest BCUT2D eigenvalue weighted by molar-refractivity contribution is 5.65. The van der Waals surface area contributed by atoms with Gasteiger partial charge in [-0.2, -0.15) is 0 Å². The second-order valence-corrected chi connectivity index (χ2v) is 8.19. The van der Waals surface area contributed by atoms with Crippen LogP contribution in [0.5, 0.6) is 5.75 Å². The molecule has 0 atom stereocenters. The summed E-state index contributed by atoms with van der Waals surface area (Å²) in [5.41, 5.74) is 1.80. The molecule has 1 saturated carbocycles. The highest BCUT2D eigenvalue weighted by Crippen LogP contribution is 2.38. The summed E-state index contributed by atoms with van der Waals surface area (Å²) >= 11 is 0. The van der Waals surface area contributed by atoms with E-state index in [1.807, 2.05) is 12.1 Å². The normalized spacial score (nSPS) is 19.4. The molecule has 0 unspecified atom stereocenters. The molecule has 0 saturated heterocycles. The Morgan fingerprint density at radius 3 is 2.06 bits per heavy atom. The summed E-state index contributed by atoms with van der Waals surface area (Å²) in [5, 5.41) is 0. The molecule has 0 amide bonds. The Hall–Kier alpha value is -2.44. The first-order valence-electron chi connectivity index (χ1n) is 10.8. The number of benzene rings is 2. The van der Waals surface area contributed by atoms with Gasteiger partial charge in [-0.25, -0.2) is 8.78 Å². The number of halogens is 6. The Kier molecular flexibility index (Phi) is 8.26. The van der Waals surface area contributed by atoms with E-state index in [4.69, 9.17) is 0 Å². The first-order valence-corrected chi connectivity index (χ1v) is 10.8. The molecular formula is C25H26F6O. The fourth-order valence-electron chi connectivity index (χ4n) is 4.22. The molecule has 7 heteroatoms. The van der Waals surface area contributed by atoms with Gasteiger partial charge in [-0.3, -0.25) is 4.39 Å². The minimum atomic E-state index is -5.17. The summed E-state index contributed by atoms with van der Waals surface area (Å²) in [6, 6.07) is 8.96. The zero-order valence-electron chi connectivity index (χ0n) is 17.6. The van der Waals surface area contributed by atoms with E-state index in [1.165, 1.54) is 0 Å². The zero-order valence-corrected chi connectivity index (χ0v) is 17.6. The van der Waals surface area contributed by atoms with Crippen molar-refractivity contribution in [2.45, 2.75) is 57.2 Å². The Bertz CT molecular complexity index is 873. The van der Waals surface area contributed by atoms with Crippen LogP contribution < -0.4 is 4.74 Å². The van der Waals surface area contributed by atoms with Crippen molar-refractivity contribution in [2.75, 3.05) is 6.67 Å². The topological polar surface area (TPSA) is 9.23 Å². The number of alkyl halides is 4. The van der Waals surface area contributed by atoms with Crippen molar-refractivity contribution >= 4 is 0 Å². The molecule has 0 bridgehead atoms. The Morgan fingerprint density at radius 1 is 0.875 bits per heavy atom. The van der Waals surface area contributed by atoms with Crippen LogP contribution in [-0.4, -0.2) is 13.0 Å². The first-order chi connectivity index (χ1) is 15.3. The Balaban J connectivity index is 1.59. The van der Waals surface area contributed by atoms with Crippen LogP contribution in [0, 0.1) is 17.6 Å². The molecule has 0 N–H and O–H groups in total. The highest BCUT2D eigenvalue weighted by atomic mass is 19.4. The van der Waals surface area contributed by atoms with Gasteiger partial charge in [0.05, 0.1) is 6.67 Å². The average molecular weight is 456 g/mol. The van der Waals surface area contributed by atoms with Gasteiger partial charge in [0.1, 0.15) is 0 Å². The van der Waals surface area contributed by atoms with Gasteiger partial charge in [0.2, 0.25) is 5.75 Å². The molecule has 0 aromatic heterocycles. The SMILES string of the molecule is FCCC/C=C/C[C@H]1CC[C@H](c2ccc(-c3cc(F)c(OC(F)(F)F)c(F)c3)cc2)CC1. The van der Waals surface area contributed by atoms with Gasteiger partial charge >= 0.3 is 6.36 Å². The molecule has 0 heterocycles. The lowest BCUT2D eigenvalue weighted by Gasteiger charge is -2.28. The highest BCUT2D eigenvalue weighted by Gasteiger charge is 2.34. The van der Waals surface area contributed by atoms with Gasteiger partial charge in [0.25, 0.3) is 0 Å². The van der Waals surface area contributed by atoms with Gasteiger partial charge in [0.15, 0.2) is 11.6 Å². The molecule has 1 aliphatic carbocycles. The lowest BCUT2D eigenvalue weighted by molar-refractivity contribution is -0.276. The fourth-order valence-corrected chi connectivity index (χ4v) is 4.22. The lowest BCUT2D eigenvalue weighted by atomic mass is 9.77. The van der Waals surface area contributed by atoms with Crippen LogP contribution in [0.2, 0.25) is 0 Å². The van der Waals surface area contributed by atoms with Crippen LogP contribution in [-0.2, 0) is 0 Å². The van der Waals surface area contributed by atoms with Crippen molar-refractivity contribution in [1.82, 2.24) is 0 Å².